The Labute approximate surface area is 167 Å². The van der Waals surface area contributed by atoms with E-state index in [1.807, 2.05) is 42.5 Å². The average Bonchev–Trinajstić information content (AvgIpc) is 3.10. The second-order valence-corrected chi connectivity index (χ2v) is 7.36. The van der Waals surface area contributed by atoms with Gasteiger partial charge in [-0.25, -0.2) is 4.79 Å². The van der Waals surface area contributed by atoms with E-state index in [9.17, 15) is 4.79 Å². The van der Waals surface area contributed by atoms with E-state index in [2.05, 4.69) is 15.9 Å². The monoisotopic (exact) mass is 434 g/mol. The SMILES string of the molecule is COC1C[C@H](COC(=O)c2ccccc2)[C@@H](COCc2ccc(Br)cc2)O1. The van der Waals surface area contributed by atoms with Crippen molar-refractivity contribution >= 4 is 21.9 Å². The Morgan fingerprint density at radius 3 is 2.56 bits per heavy atom. The molecule has 1 heterocycles. The lowest BCUT2D eigenvalue weighted by molar-refractivity contribution is -0.132. The molecule has 1 saturated heterocycles. The molecule has 0 aromatic heterocycles. The molecule has 27 heavy (non-hydrogen) atoms. The van der Waals surface area contributed by atoms with Gasteiger partial charge in [-0.2, -0.15) is 0 Å². The highest BCUT2D eigenvalue weighted by atomic mass is 79.9. The van der Waals surface area contributed by atoms with Crippen LogP contribution >= 0.6 is 15.9 Å². The highest BCUT2D eigenvalue weighted by Gasteiger charge is 2.36. The standard InChI is InChI=1S/C21H23BrO5/c1-24-20-11-17(13-26-21(23)16-5-3-2-4-6-16)19(27-20)14-25-12-15-7-9-18(22)10-8-15/h2-10,17,19-20H,11-14H2,1H3/t17-,19-,20?/m1/s1. The number of carbonyl (C=O) groups is 1. The first-order valence-corrected chi connectivity index (χ1v) is 9.67. The molecule has 3 atom stereocenters. The van der Waals surface area contributed by atoms with Gasteiger partial charge < -0.3 is 18.9 Å². The predicted molar refractivity (Wildman–Crippen MR) is 104 cm³/mol. The molecule has 0 radical (unpaired) electrons. The predicted octanol–water partition coefficient (Wildman–Crippen LogP) is 4.20. The lowest BCUT2D eigenvalue weighted by Gasteiger charge is -2.18. The minimum Gasteiger partial charge on any atom is -0.462 e. The second-order valence-electron chi connectivity index (χ2n) is 6.44. The van der Waals surface area contributed by atoms with Crippen LogP contribution in [0.1, 0.15) is 22.3 Å². The molecule has 2 aromatic carbocycles. The van der Waals surface area contributed by atoms with Gasteiger partial charge in [0.05, 0.1) is 31.5 Å². The largest absolute Gasteiger partial charge is 0.462 e. The highest BCUT2D eigenvalue weighted by Crippen LogP contribution is 2.28. The van der Waals surface area contributed by atoms with E-state index >= 15 is 0 Å². The second kappa shape index (κ2) is 9.99. The van der Waals surface area contributed by atoms with Crippen LogP contribution in [0, 0.1) is 5.92 Å². The summed E-state index contributed by atoms with van der Waals surface area (Å²) in [6.07, 6.45) is 0.200. The Morgan fingerprint density at radius 1 is 1.11 bits per heavy atom. The number of rotatable bonds is 8. The Kier molecular flexibility index (Phi) is 7.41. The van der Waals surface area contributed by atoms with Crippen molar-refractivity contribution in [3.63, 3.8) is 0 Å². The van der Waals surface area contributed by atoms with Crippen LogP contribution in [-0.2, 0) is 25.6 Å². The molecule has 0 amide bonds. The van der Waals surface area contributed by atoms with Crippen LogP contribution in [-0.4, -0.2) is 38.7 Å². The van der Waals surface area contributed by atoms with Gasteiger partial charge in [0.1, 0.15) is 0 Å². The summed E-state index contributed by atoms with van der Waals surface area (Å²) in [4.78, 5) is 12.2. The number of halogens is 1. The third-order valence-corrected chi connectivity index (χ3v) is 5.04. The molecule has 6 heteroatoms. The highest BCUT2D eigenvalue weighted by molar-refractivity contribution is 9.10. The fourth-order valence-corrected chi connectivity index (χ4v) is 3.24. The topological polar surface area (TPSA) is 54.0 Å². The lowest BCUT2D eigenvalue weighted by atomic mass is 10.0. The third-order valence-electron chi connectivity index (χ3n) is 4.51. The number of hydrogen-bond donors (Lipinski definition) is 0. The number of carbonyl (C=O) groups excluding carboxylic acids is 1. The molecular formula is C21H23BrO5. The van der Waals surface area contributed by atoms with E-state index in [1.54, 1.807) is 19.2 Å². The molecule has 0 bridgehead atoms. The molecule has 144 valence electrons. The van der Waals surface area contributed by atoms with Crippen LogP contribution in [0.15, 0.2) is 59.1 Å². The van der Waals surface area contributed by atoms with Crippen LogP contribution in [0.5, 0.6) is 0 Å². The van der Waals surface area contributed by atoms with Crippen molar-refractivity contribution in [2.75, 3.05) is 20.3 Å². The molecule has 3 rings (SSSR count). The number of ether oxygens (including phenoxy) is 4. The van der Waals surface area contributed by atoms with Gasteiger partial charge in [0.15, 0.2) is 6.29 Å². The van der Waals surface area contributed by atoms with Gasteiger partial charge >= 0.3 is 5.97 Å². The first kappa shape index (κ1) is 20.0. The van der Waals surface area contributed by atoms with Crippen molar-refractivity contribution in [2.45, 2.75) is 25.4 Å². The normalized spacial score (nSPS) is 21.9. The van der Waals surface area contributed by atoms with Crippen LogP contribution < -0.4 is 0 Å². The number of methoxy groups -OCH3 is 1. The Balaban J connectivity index is 1.49. The summed E-state index contributed by atoms with van der Waals surface area (Å²) in [5, 5.41) is 0. The smallest absolute Gasteiger partial charge is 0.338 e. The molecule has 0 saturated carbocycles. The van der Waals surface area contributed by atoms with Gasteiger partial charge in [0.25, 0.3) is 0 Å². The number of benzene rings is 2. The van der Waals surface area contributed by atoms with Crippen molar-refractivity contribution in [1.82, 2.24) is 0 Å². The van der Waals surface area contributed by atoms with Gasteiger partial charge in [-0.1, -0.05) is 46.3 Å². The molecule has 0 N–H and O–H groups in total. The van der Waals surface area contributed by atoms with Gasteiger partial charge in [-0.05, 0) is 29.8 Å². The van der Waals surface area contributed by atoms with Crippen molar-refractivity contribution in [2.24, 2.45) is 5.92 Å². The van der Waals surface area contributed by atoms with Gasteiger partial charge in [-0.15, -0.1) is 0 Å². The van der Waals surface area contributed by atoms with Crippen molar-refractivity contribution < 1.29 is 23.7 Å². The first-order chi connectivity index (χ1) is 13.2. The summed E-state index contributed by atoms with van der Waals surface area (Å²) in [6.45, 7) is 1.20. The lowest BCUT2D eigenvalue weighted by Crippen LogP contribution is -2.27. The first-order valence-electron chi connectivity index (χ1n) is 8.88. The van der Waals surface area contributed by atoms with Crippen molar-refractivity contribution in [3.8, 4) is 0 Å². The third kappa shape index (κ3) is 5.87. The molecule has 1 unspecified atom stereocenters. The maximum Gasteiger partial charge on any atom is 0.338 e. The summed E-state index contributed by atoms with van der Waals surface area (Å²) in [6, 6.07) is 17.0. The molecule has 1 aliphatic rings. The zero-order valence-corrected chi connectivity index (χ0v) is 16.8. The molecule has 0 aliphatic carbocycles. The van der Waals surface area contributed by atoms with E-state index in [-0.39, 0.29) is 30.9 Å². The summed E-state index contributed by atoms with van der Waals surface area (Å²) in [7, 11) is 1.61. The molecule has 5 nitrogen and oxygen atoms in total. The molecular weight excluding hydrogens is 412 g/mol. The quantitative estimate of drug-likeness (QED) is 0.582. The summed E-state index contributed by atoms with van der Waals surface area (Å²) in [5.74, 6) is -0.293. The summed E-state index contributed by atoms with van der Waals surface area (Å²) < 4.78 is 23.5. The Hall–Kier alpha value is -1.73. The fraction of sp³-hybridized carbons (Fsp3) is 0.381. The van der Waals surface area contributed by atoms with Crippen LogP contribution in [0.25, 0.3) is 0 Å². The zero-order chi connectivity index (χ0) is 19.1. The Bertz CT molecular complexity index is 719. The molecule has 1 aliphatic heterocycles. The van der Waals surface area contributed by atoms with Crippen LogP contribution in [0.2, 0.25) is 0 Å². The Morgan fingerprint density at radius 2 is 1.85 bits per heavy atom. The van der Waals surface area contributed by atoms with Crippen LogP contribution in [0.3, 0.4) is 0 Å². The van der Waals surface area contributed by atoms with Gasteiger partial charge in [0, 0.05) is 23.9 Å². The maximum absolute atomic E-state index is 12.2. The summed E-state index contributed by atoms with van der Waals surface area (Å²) in [5.41, 5.74) is 1.63. The van der Waals surface area contributed by atoms with Gasteiger partial charge in [0.2, 0.25) is 0 Å². The van der Waals surface area contributed by atoms with Crippen molar-refractivity contribution in [3.05, 3.63) is 70.2 Å². The van der Waals surface area contributed by atoms with Crippen molar-refractivity contribution in [1.29, 1.82) is 0 Å². The van der Waals surface area contributed by atoms with Crippen LogP contribution in [0.4, 0.5) is 0 Å². The molecule has 0 spiro atoms. The van der Waals surface area contributed by atoms with Gasteiger partial charge in [-0.3, -0.25) is 0 Å². The minimum absolute atomic E-state index is 0.0348. The van der Waals surface area contributed by atoms with E-state index in [1.165, 1.54) is 0 Å². The fourth-order valence-electron chi connectivity index (χ4n) is 2.98. The number of esters is 1. The minimum atomic E-state index is -0.328. The summed E-state index contributed by atoms with van der Waals surface area (Å²) >= 11 is 3.42. The maximum atomic E-state index is 12.2. The molecule has 1 fully saturated rings. The van der Waals surface area contributed by atoms with E-state index in [0.29, 0.717) is 25.2 Å². The van der Waals surface area contributed by atoms with E-state index < -0.39 is 0 Å². The molecule has 2 aromatic rings. The van der Waals surface area contributed by atoms with E-state index in [0.717, 1.165) is 10.0 Å². The number of hydrogen-bond acceptors (Lipinski definition) is 5. The average molecular weight is 435 g/mol. The zero-order valence-electron chi connectivity index (χ0n) is 15.2. The van der Waals surface area contributed by atoms with E-state index in [4.69, 9.17) is 18.9 Å².